The highest BCUT2D eigenvalue weighted by Gasteiger charge is 2.32. The molecule has 42 heavy (non-hydrogen) atoms. The third kappa shape index (κ3) is 10.7. The van der Waals surface area contributed by atoms with Gasteiger partial charge in [0.1, 0.15) is 0 Å². The monoisotopic (exact) mass is 578 g/mol. The normalized spacial score (nSPS) is 12.8. The van der Waals surface area contributed by atoms with Crippen LogP contribution in [-0.4, -0.2) is 40.9 Å². The standard InChI is InChI=1S/C36H54N2O4/c1-2-3-4-5-6-7-8-9-10-11-12-13-14-15-16-19-27-37-32-26-25-31-34-29(32)22-21-23-30(34)35(41)38(36(31)42)28-20-17-18-24-33(39)40/h21-23,25-26,37H,2-20,24,27-28H2,1H3,(H,39,40). The van der Waals surface area contributed by atoms with Gasteiger partial charge in [-0.2, -0.15) is 0 Å². The molecule has 2 amide bonds. The van der Waals surface area contributed by atoms with Crippen LogP contribution in [0.1, 0.15) is 156 Å². The maximum atomic E-state index is 13.2. The molecule has 0 radical (unpaired) electrons. The predicted octanol–water partition coefficient (Wildman–Crippen LogP) is 9.75. The first kappa shape index (κ1) is 33.6. The summed E-state index contributed by atoms with van der Waals surface area (Å²) in [5.74, 6) is -1.34. The largest absolute Gasteiger partial charge is 0.481 e. The number of rotatable bonds is 24. The molecular weight excluding hydrogens is 524 g/mol. The maximum Gasteiger partial charge on any atom is 0.303 e. The van der Waals surface area contributed by atoms with E-state index in [0.29, 0.717) is 36.9 Å². The number of nitrogens with zero attached hydrogens (tertiary/aromatic N) is 1. The molecule has 2 aromatic carbocycles. The van der Waals surface area contributed by atoms with E-state index in [9.17, 15) is 14.4 Å². The van der Waals surface area contributed by atoms with E-state index in [4.69, 9.17) is 5.11 Å². The number of carboxylic acids is 1. The van der Waals surface area contributed by atoms with E-state index in [0.717, 1.165) is 29.4 Å². The Hall–Kier alpha value is -2.89. The van der Waals surface area contributed by atoms with Crippen molar-refractivity contribution in [2.45, 2.75) is 135 Å². The number of carbonyl (C=O) groups is 3. The molecule has 6 nitrogen and oxygen atoms in total. The van der Waals surface area contributed by atoms with E-state index < -0.39 is 5.97 Å². The van der Waals surface area contributed by atoms with Crippen molar-refractivity contribution in [2.24, 2.45) is 0 Å². The topological polar surface area (TPSA) is 86.7 Å². The maximum absolute atomic E-state index is 13.2. The summed E-state index contributed by atoms with van der Waals surface area (Å²) in [7, 11) is 0. The Labute approximate surface area is 253 Å². The quantitative estimate of drug-likeness (QED) is 0.0956. The summed E-state index contributed by atoms with van der Waals surface area (Å²) in [6.07, 6.45) is 23.6. The lowest BCUT2D eigenvalue weighted by atomic mass is 9.92. The Kier molecular flexibility index (Phi) is 15.5. The van der Waals surface area contributed by atoms with Crippen molar-refractivity contribution in [1.29, 1.82) is 0 Å². The van der Waals surface area contributed by atoms with Crippen LogP contribution in [-0.2, 0) is 4.79 Å². The first-order valence-corrected chi connectivity index (χ1v) is 16.9. The Morgan fingerprint density at radius 3 is 1.76 bits per heavy atom. The van der Waals surface area contributed by atoms with Crippen LogP contribution in [0.15, 0.2) is 30.3 Å². The number of imide groups is 1. The number of amides is 2. The molecule has 0 fully saturated rings. The van der Waals surface area contributed by atoms with Gasteiger partial charge in [0.15, 0.2) is 0 Å². The van der Waals surface area contributed by atoms with E-state index >= 15 is 0 Å². The zero-order valence-corrected chi connectivity index (χ0v) is 26.1. The lowest BCUT2D eigenvalue weighted by Crippen LogP contribution is -2.40. The number of anilines is 1. The van der Waals surface area contributed by atoms with Gasteiger partial charge in [0, 0.05) is 47.1 Å². The summed E-state index contributed by atoms with van der Waals surface area (Å²) in [5.41, 5.74) is 2.11. The summed E-state index contributed by atoms with van der Waals surface area (Å²) in [5, 5.41) is 14.0. The molecule has 0 saturated heterocycles. The van der Waals surface area contributed by atoms with E-state index in [1.54, 1.807) is 6.07 Å². The van der Waals surface area contributed by atoms with Crippen molar-refractivity contribution in [2.75, 3.05) is 18.4 Å². The molecule has 232 valence electrons. The molecule has 0 aromatic heterocycles. The van der Waals surface area contributed by atoms with Crippen LogP contribution >= 0.6 is 0 Å². The van der Waals surface area contributed by atoms with Crippen LogP contribution in [0.2, 0.25) is 0 Å². The highest BCUT2D eigenvalue weighted by Crippen LogP contribution is 2.34. The first-order valence-electron chi connectivity index (χ1n) is 16.9. The number of carboxylic acid groups (broad SMARTS) is 1. The molecule has 0 aliphatic carbocycles. The third-order valence-corrected chi connectivity index (χ3v) is 8.61. The Balaban J connectivity index is 1.32. The lowest BCUT2D eigenvalue weighted by molar-refractivity contribution is -0.137. The number of hydrogen-bond acceptors (Lipinski definition) is 4. The van der Waals surface area contributed by atoms with Crippen molar-refractivity contribution < 1.29 is 19.5 Å². The van der Waals surface area contributed by atoms with E-state index in [1.807, 2.05) is 24.3 Å². The molecule has 3 rings (SSSR count). The zero-order chi connectivity index (χ0) is 30.0. The molecular formula is C36H54N2O4. The molecule has 2 aromatic rings. The van der Waals surface area contributed by atoms with Gasteiger partial charge in [-0.05, 0) is 37.5 Å². The second-order valence-corrected chi connectivity index (χ2v) is 12.1. The second kappa shape index (κ2) is 19.3. The average molecular weight is 579 g/mol. The van der Waals surface area contributed by atoms with Crippen LogP contribution in [0, 0.1) is 0 Å². The van der Waals surface area contributed by atoms with Crippen molar-refractivity contribution in [1.82, 2.24) is 4.90 Å². The van der Waals surface area contributed by atoms with E-state index in [-0.39, 0.29) is 18.2 Å². The van der Waals surface area contributed by atoms with Crippen molar-refractivity contribution in [3.05, 3.63) is 41.5 Å². The van der Waals surface area contributed by atoms with Gasteiger partial charge in [0.25, 0.3) is 11.8 Å². The summed E-state index contributed by atoms with van der Waals surface area (Å²) in [4.78, 5) is 38.5. The average Bonchev–Trinajstić information content (AvgIpc) is 2.99. The smallest absolute Gasteiger partial charge is 0.303 e. The van der Waals surface area contributed by atoms with Gasteiger partial charge in [-0.15, -0.1) is 0 Å². The number of unbranched alkanes of at least 4 members (excludes halogenated alkanes) is 17. The van der Waals surface area contributed by atoms with Gasteiger partial charge in [0.2, 0.25) is 0 Å². The minimum Gasteiger partial charge on any atom is -0.481 e. The van der Waals surface area contributed by atoms with Gasteiger partial charge >= 0.3 is 5.97 Å². The number of benzene rings is 2. The van der Waals surface area contributed by atoms with Crippen LogP contribution in [0.3, 0.4) is 0 Å². The molecule has 0 saturated carbocycles. The number of aliphatic carboxylic acids is 1. The van der Waals surface area contributed by atoms with Gasteiger partial charge in [0.05, 0.1) is 0 Å². The minimum absolute atomic E-state index is 0.110. The van der Waals surface area contributed by atoms with Gasteiger partial charge in [-0.1, -0.05) is 122 Å². The predicted molar refractivity (Wildman–Crippen MR) is 173 cm³/mol. The molecule has 0 unspecified atom stereocenters. The van der Waals surface area contributed by atoms with Crippen LogP contribution in [0.25, 0.3) is 10.8 Å². The van der Waals surface area contributed by atoms with Crippen LogP contribution < -0.4 is 5.32 Å². The van der Waals surface area contributed by atoms with Crippen molar-refractivity contribution >= 4 is 34.2 Å². The number of carbonyl (C=O) groups excluding carboxylic acids is 2. The summed E-state index contributed by atoms with van der Waals surface area (Å²) in [6.45, 7) is 3.47. The van der Waals surface area contributed by atoms with Crippen LogP contribution in [0.4, 0.5) is 5.69 Å². The zero-order valence-electron chi connectivity index (χ0n) is 26.1. The Morgan fingerprint density at radius 2 is 1.19 bits per heavy atom. The fourth-order valence-corrected chi connectivity index (χ4v) is 6.12. The molecule has 6 heteroatoms. The van der Waals surface area contributed by atoms with Crippen molar-refractivity contribution in [3.63, 3.8) is 0 Å². The Morgan fingerprint density at radius 1 is 0.667 bits per heavy atom. The highest BCUT2D eigenvalue weighted by molar-refractivity contribution is 6.26. The van der Waals surface area contributed by atoms with E-state index in [1.165, 1.54) is 101 Å². The molecule has 1 aliphatic rings. The fourth-order valence-electron chi connectivity index (χ4n) is 6.12. The molecule has 0 spiro atoms. The van der Waals surface area contributed by atoms with Gasteiger partial charge < -0.3 is 10.4 Å². The second-order valence-electron chi connectivity index (χ2n) is 12.1. The third-order valence-electron chi connectivity index (χ3n) is 8.61. The van der Waals surface area contributed by atoms with Crippen LogP contribution in [0.5, 0.6) is 0 Å². The van der Waals surface area contributed by atoms with Gasteiger partial charge in [-0.3, -0.25) is 19.3 Å². The summed E-state index contributed by atoms with van der Waals surface area (Å²) in [6, 6.07) is 9.48. The lowest BCUT2D eigenvalue weighted by Gasteiger charge is -2.28. The molecule has 0 atom stereocenters. The molecule has 0 bridgehead atoms. The fraction of sp³-hybridized carbons (Fsp3) is 0.639. The molecule has 1 aliphatic heterocycles. The molecule has 1 heterocycles. The van der Waals surface area contributed by atoms with Crippen molar-refractivity contribution in [3.8, 4) is 0 Å². The number of hydrogen-bond donors (Lipinski definition) is 2. The number of nitrogens with one attached hydrogen (secondary N) is 1. The first-order chi connectivity index (χ1) is 20.5. The Bertz CT molecular complexity index is 1110. The van der Waals surface area contributed by atoms with Gasteiger partial charge in [-0.25, -0.2) is 0 Å². The highest BCUT2D eigenvalue weighted by atomic mass is 16.4. The minimum atomic E-state index is -0.819. The van der Waals surface area contributed by atoms with E-state index in [2.05, 4.69) is 12.2 Å². The summed E-state index contributed by atoms with van der Waals surface area (Å²) >= 11 is 0. The molecule has 2 N–H and O–H groups in total. The SMILES string of the molecule is CCCCCCCCCCCCCCCCCCNc1ccc2c3c(cccc13)C(=O)N(CCCCCC(=O)O)C2=O. The summed E-state index contributed by atoms with van der Waals surface area (Å²) < 4.78 is 0.